The van der Waals surface area contributed by atoms with Crippen molar-refractivity contribution < 1.29 is 19.4 Å². The Bertz CT molecular complexity index is 776. The standard InChI is InChI=1S/C18H16ClNO4/c1-2-5-13-18-9-8-12(24-18)14(17(22)23)15(18)16(21)20(13)11-7-4-3-6-10(11)19/h2-4,6-9,12-15H,1,5H2,(H,22,23)/t12-,13+,14-,15-,18+/m0/s1. The normalized spacial score (nSPS) is 36.2. The number of carbonyl (C=O) groups excluding carboxylic acids is 1. The number of benzene rings is 1. The predicted molar refractivity (Wildman–Crippen MR) is 88.9 cm³/mol. The molecule has 2 bridgehead atoms. The number of rotatable bonds is 4. The van der Waals surface area contributed by atoms with Gasteiger partial charge in [0.25, 0.3) is 0 Å². The number of fused-ring (bicyclic) bond motifs is 1. The Morgan fingerprint density at radius 2 is 2.21 bits per heavy atom. The smallest absolute Gasteiger partial charge is 0.310 e. The lowest BCUT2D eigenvalue weighted by molar-refractivity contribution is -0.146. The molecule has 0 aliphatic carbocycles. The lowest BCUT2D eigenvalue weighted by Gasteiger charge is -2.32. The fraction of sp³-hybridized carbons (Fsp3) is 0.333. The highest BCUT2D eigenvalue weighted by Crippen LogP contribution is 2.56. The number of carboxylic acids is 1. The van der Waals surface area contributed by atoms with Crippen molar-refractivity contribution in [2.75, 3.05) is 4.90 Å². The second kappa shape index (κ2) is 5.19. The molecule has 1 spiro atoms. The SMILES string of the molecule is C=CC[C@H]1N(c2ccccc2Cl)C(=O)[C@@H]2[C@@H](C(=O)O)[C@@H]3C=C[C@]21O3. The minimum absolute atomic E-state index is 0.255. The zero-order chi connectivity index (χ0) is 17.1. The summed E-state index contributed by atoms with van der Waals surface area (Å²) in [5.41, 5.74) is -0.359. The molecule has 5 nitrogen and oxygen atoms in total. The first kappa shape index (κ1) is 15.4. The highest BCUT2D eigenvalue weighted by Gasteiger charge is 2.71. The molecule has 0 aromatic heterocycles. The minimum atomic E-state index is -1.01. The quantitative estimate of drug-likeness (QED) is 0.852. The van der Waals surface area contributed by atoms with Gasteiger partial charge in [-0.25, -0.2) is 0 Å². The molecule has 2 saturated heterocycles. The molecule has 24 heavy (non-hydrogen) atoms. The van der Waals surface area contributed by atoms with Crippen molar-refractivity contribution >= 4 is 29.2 Å². The van der Waals surface area contributed by atoms with Crippen molar-refractivity contribution in [2.45, 2.75) is 24.2 Å². The van der Waals surface area contributed by atoms with Crippen LogP contribution < -0.4 is 4.90 Å². The average Bonchev–Trinajstić information content (AvgIpc) is 3.18. The van der Waals surface area contributed by atoms with Gasteiger partial charge in [0, 0.05) is 0 Å². The average molecular weight is 346 g/mol. The van der Waals surface area contributed by atoms with Gasteiger partial charge in [0.15, 0.2) is 0 Å². The van der Waals surface area contributed by atoms with Crippen LogP contribution in [0.4, 0.5) is 5.69 Å². The van der Waals surface area contributed by atoms with Crippen LogP contribution in [0.1, 0.15) is 6.42 Å². The van der Waals surface area contributed by atoms with Crippen molar-refractivity contribution in [3.05, 3.63) is 54.1 Å². The third-order valence-corrected chi connectivity index (χ3v) is 5.53. The van der Waals surface area contributed by atoms with E-state index in [2.05, 4.69) is 6.58 Å². The summed E-state index contributed by atoms with van der Waals surface area (Å²) in [6.07, 6.45) is 5.26. The van der Waals surface area contributed by atoms with Gasteiger partial charge in [-0.3, -0.25) is 9.59 Å². The molecule has 0 saturated carbocycles. The van der Waals surface area contributed by atoms with Crippen LogP contribution >= 0.6 is 11.6 Å². The molecule has 1 amide bonds. The minimum Gasteiger partial charge on any atom is -0.481 e. The molecule has 2 fully saturated rings. The molecule has 3 aliphatic rings. The van der Waals surface area contributed by atoms with Crippen molar-refractivity contribution in [1.82, 2.24) is 0 Å². The van der Waals surface area contributed by atoms with Crippen LogP contribution in [-0.2, 0) is 14.3 Å². The zero-order valence-corrected chi connectivity index (χ0v) is 13.5. The molecule has 1 aromatic carbocycles. The van der Waals surface area contributed by atoms with Gasteiger partial charge in [-0.2, -0.15) is 0 Å². The molecule has 4 rings (SSSR count). The van der Waals surface area contributed by atoms with E-state index in [1.165, 1.54) is 0 Å². The number of nitrogens with zero attached hydrogens (tertiary/aromatic N) is 1. The molecular weight excluding hydrogens is 330 g/mol. The van der Waals surface area contributed by atoms with E-state index in [9.17, 15) is 14.7 Å². The lowest BCUT2D eigenvalue weighted by atomic mass is 9.74. The first-order valence-corrected chi connectivity index (χ1v) is 8.17. The van der Waals surface area contributed by atoms with Gasteiger partial charge in [-0.05, 0) is 18.6 Å². The maximum atomic E-state index is 13.2. The van der Waals surface area contributed by atoms with Gasteiger partial charge in [0.1, 0.15) is 11.5 Å². The van der Waals surface area contributed by atoms with Gasteiger partial charge in [-0.15, -0.1) is 6.58 Å². The summed E-state index contributed by atoms with van der Waals surface area (Å²) in [5, 5.41) is 10.0. The monoisotopic (exact) mass is 345 g/mol. The number of para-hydroxylation sites is 1. The number of amides is 1. The molecule has 0 radical (unpaired) electrons. The number of carboxylic acid groups (broad SMARTS) is 1. The van der Waals surface area contributed by atoms with E-state index < -0.39 is 29.5 Å². The van der Waals surface area contributed by atoms with Crippen LogP contribution in [0.15, 0.2) is 49.1 Å². The molecule has 3 heterocycles. The summed E-state index contributed by atoms with van der Waals surface area (Å²) >= 11 is 6.29. The van der Waals surface area contributed by atoms with Crippen LogP contribution in [0, 0.1) is 11.8 Å². The second-order valence-electron chi connectivity index (χ2n) is 6.34. The van der Waals surface area contributed by atoms with Crippen LogP contribution in [0.2, 0.25) is 5.02 Å². The zero-order valence-electron chi connectivity index (χ0n) is 12.8. The highest BCUT2D eigenvalue weighted by atomic mass is 35.5. The number of halogens is 1. The Balaban J connectivity index is 1.87. The third kappa shape index (κ3) is 1.79. The van der Waals surface area contributed by atoms with Gasteiger partial charge in [0.05, 0.1) is 28.8 Å². The first-order valence-electron chi connectivity index (χ1n) is 7.79. The summed E-state index contributed by atoms with van der Waals surface area (Å²) < 4.78 is 6.04. The van der Waals surface area contributed by atoms with E-state index in [4.69, 9.17) is 16.3 Å². The Kier molecular flexibility index (Phi) is 3.34. The van der Waals surface area contributed by atoms with Gasteiger partial charge in [-0.1, -0.05) is 42.0 Å². The summed E-state index contributed by atoms with van der Waals surface area (Å²) in [6.45, 7) is 3.78. The Morgan fingerprint density at radius 1 is 1.46 bits per heavy atom. The molecule has 1 aromatic rings. The Hall–Kier alpha value is -2.11. The number of ether oxygens (including phenoxy) is 1. The van der Waals surface area contributed by atoms with Crippen molar-refractivity contribution in [1.29, 1.82) is 0 Å². The van der Waals surface area contributed by atoms with Crippen LogP contribution in [0.5, 0.6) is 0 Å². The fourth-order valence-electron chi connectivity index (χ4n) is 4.31. The van der Waals surface area contributed by atoms with Crippen LogP contribution in [-0.4, -0.2) is 34.7 Å². The van der Waals surface area contributed by atoms with E-state index >= 15 is 0 Å². The molecule has 6 heteroatoms. The number of anilines is 1. The van der Waals surface area contributed by atoms with Crippen LogP contribution in [0.3, 0.4) is 0 Å². The number of aliphatic carboxylic acids is 1. The number of hydrogen-bond donors (Lipinski definition) is 1. The van der Waals surface area contributed by atoms with Crippen molar-refractivity contribution in [3.8, 4) is 0 Å². The molecule has 1 N–H and O–H groups in total. The molecule has 5 atom stereocenters. The number of hydrogen-bond acceptors (Lipinski definition) is 3. The molecular formula is C18H16ClNO4. The largest absolute Gasteiger partial charge is 0.481 e. The lowest BCUT2D eigenvalue weighted by Crippen LogP contribution is -2.45. The van der Waals surface area contributed by atoms with Crippen molar-refractivity contribution in [3.63, 3.8) is 0 Å². The maximum absolute atomic E-state index is 13.2. The third-order valence-electron chi connectivity index (χ3n) is 5.21. The van der Waals surface area contributed by atoms with E-state index in [-0.39, 0.29) is 11.9 Å². The summed E-state index contributed by atoms with van der Waals surface area (Å²) in [5.74, 6) is -2.88. The molecule has 124 valence electrons. The Morgan fingerprint density at radius 3 is 2.88 bits per heavy atom. The summed E-state index contributed by atoms with van der Waals surface area (Å²) in [4.78, 5) is 26.5. The van der Waals surface area contributed by atoms with Gasteiger partial charge < -0.3 is 14.7 Å². The van der Waals surface area contributed by atoms with E-state index in [0.717, 1.165) is 0 Å². The maximum Gasteiger partial charge on any atom is 0.310 e. The van der Waals surface area contributed by atoms with Crippen molar-refractivity contribution in [2.24, 2.45) is 11.8 Å². The van der Waals surface area contributed by atoms with Crippen LogP contribution in [0.25, 0.3) is 0 Å². The fourth-order valence-corrected chi connectivity index (χ4v) is 4.54. The Labute approximate surface area is 144 Å². The van der Waals surface area contributed by atoms with E-state index in [1.807, 2.05) is 6.08 Å². The topological polar surface area (TPSA) is 66.8 Å². The number of carbonyl (C=O) groups is 2. The van der Waals surface area contributed by atoms with E-state index in [1.54, 1.807) is 41.3 Å². The first-order chi connectivity index (χ1) is 11.5. The predicted octanol–water partition coefficient (Wildman–Crippen LogP) is 2.66. The molecule has 0 unspecified atom stereocenters. The summed E-state index contributed by atoms with van der Waals surface area (Å²) in [7, 11) is 0. The van der Waals surface area contributed by atoms with Gasteiger partial charge >= 0.3 is 5.97 Å². The summed E-state index contributed by atoms with van der Waals surface area (Å²) in [6, 6.07) is 6.70. The second-order valence-corrected chi connectivity index (χ2v) is 6.74. The van der Waals surface area contributed by atoms with Gasteiger partial charge in [0.2, 0.25) is 5.91 Å². The molecule has 3 aliphatic heterocycles. The van der Waals surface area contributed by atoms with E-state index in [0.29, 0.717) is 17.1 Å². The highest BCUT2D eigenvalue weighted by molar-refractivity contribution is 6.34.